The average Bonchev–Trinajstić information content (AvgIpc) is 2.16. The summed E-state index contributed by atoms with van der Waals surface area (Å²) in [6.45, 7) is 8.80. The summed E-state index contributed by atoms with van der Waals surface area (Å²) in [5, 5.41) is 0. The van der Waals surface area contributed by atoms with Gasteiger partial charge in [-0.15, -0.1) is 0 Å². The van der Waals surface area contributed by atoms with Crippen LogP contribution in [0.4, 0.5) is 0 Å². The molecule has 0 heterocycles. The first-order chi connectivity index (χ1) is 6.20. The number of ether oxygens (including phenoxy) is 1. The van der Waals surface area contributed by atoms with Gasteiger partial charge in [0.1, 0.15) is 5.75 Å². The lowest BCUT2D eigenvalue weighted by Crippen LogP contribution is -1.94. The van der Waals surface area contributed by atoms with Crippen molar-refractivity contribution in [2.75, 3.05) is 7.11 Å². The van der Waals surface area contributed by atoms with Crippen LogP contribution in [0.2, 0.25) is 0 Å². The second-order valence-electron chi connectivity index (χ2n) is 2.67. The van der Waals surface area contributed by atoms with Gasteiger partial charge in [0, 0.05) is 6.92 Å². The van der Waals surface area contributed by atoms with Gasteiger partial charge in [-0.05, 0) is 28.1 Å². The van der Waals surface area contributed by atoms with Gasteiger partial charge in [-0.1, -0.05) is 6.07 Å². The Morgan fingerprint density at radius 2 is 2.23 bits per heavy atom. The van der Waals surface area contributed by atoms with E-state index in [0.29, 0.717) is 0 Å². The Morgan fingerprint density at radius 1 is 1.54 bits per heavy atom. The van der Waals surface area contributed by atoms with E-state index in [1.165, 1.54) is 0 Å². The highest BCUT2D eigenvalue weighted by atomic mass is 79.9. The van der Waals surface area contributed by atoms with E-state index in [2.05, 4.69) is 20.8 Å². The molecule has 1 aromatic carbocycles. The van der Waals surface area contributed by atoms with Crippen LogP contribution in [0.15, 0.2) is 22.7 Å². The van der Waals surface area contributed by atoms with Crippen LogP contribution in [0.5, 0.6) is 5.75 Å². The first-order valence-electron chi connectivity index (χ1n) is 3.89. The van der Waals surface area contributed by atoms with Crippen molar-refractivity contribution in [3.8, 4) is 5.75 Å². The number of hydrogen-bond donors (Lipinski definition) is 0. The molecule has 1 unspecified atom stereocenters. The van der Waals surface area contributed by atoms with Gasteiger partial charge in [0.05, 0.1) is 17.1 Å². The number of methoxy groups -OCH3 is 1. The Hall–Kier alpha value is -1.01. The van der Waals surface area contributed by atoms with Crippen LogP contribution in [0.25, 0.3) is 4.85 Å². The van der Waals surface area contributed by atoms with Gasteiger partial charge in [0.2, 0.25) is 6.04 Å². The predicted octanol–water partition coefficient (Wildman–Crippen LogP) is 3.44. The highest BCUT2D eigenvalue weighted by Gasteiger charge is 2.16. The number of halogens is 1. The number of para-hydroxylation sites is 1. The normalized spacial score (nSPS) is 11.8. The molecule has 0 aromatic heterocycles. The Kier molecular flexibility index (Phi) is 3.32. The van der Waals surface area contributed by atoms with Crippen molar-refractivity contribution in [1.82, 2.24) is 0 Å². The molecule has 0 aliphatic rings. The zero-order valence-electron chi connectivity index (χ0n) is 7.54. The number of nitrogens with zero attached hydrogens (tertiary/aromatic N) is 1. The summed E-state index contributed by atoms with van der Waals surface area (Å²) >= 11 is 3.38. The van der Waals surface area contributed by atoms with Gasteiger partial charge in [-0.3, -0.25) is 0 Å². The van der Waals surface area contributed by atoms with Crippen molar-refractivity contribution in [1.29, 1.82) is 0 Å². The number of rotatable bonds is 2. The molecule has 0 aliphatic heterocycles. The van der Waals surface area contributed by atoms with Crippen LogP contribution in [0.3, 0.4) is 0 Å². The lowest BCUT2D eigenvalue weighted by atomic mass is 10.1. The molecular weight excluding hydrogens is 230 g/mol. The van der Waals surface area contributed by atoms with Gasteiger partial charge < -0.3 is 9.58 Å². The van der Waals surface area contributed by atoms with Gasteiger partial charge in [0.15, 0.2) is 0 Å². The monoisotopic (exact) mass is 239 g/mol. The minimum absolute atomic E-state index is 0.160. The molecule has 13 heavy (non-hydrogen) atoms. The lowest BCUT2D eigenvalue weighted by molar-refractivity contribution is 0.406. The van der Waals surface area contributed by atoms with E-state index in [9.17, 15) is 0 Å². The minimum Gasteiger partial charge on any atom is -0.495 e. The second kappa shape index (κ2) is 4.29. The fourth-order valence-corrected chi connectivity index (χ4v) is 1.68. The van der Waals surface area contributed by atoms with Crippen molar-refractivity contribution in [2.45, 2.75) is 13.0 Å². The third kappa shape index (κ3) is 2.02. The zero-order valence-corrected chi connectivity index (χ0v) is 9.13. The molecule has 0 spiro atoms. The zero-order chi connectivity index (χ0) is 9.84. The molecular formula is C10H10BrNO. The Balaban J connectivity index is 3.21. The molecule has 3 heteroatoms. The summed E-state index contributed by atoms with van der Waals surface area (Å²) < 4.78 is 6.10. The summed E-state index contributed by atoms with van der Waals surface area (Å²) in [4.78, 5) is 3.46. The van der Waals surface area contributed by atoms with E-state index >= 15 is 0 Å². The van der Waals surface area contributed by atoms with E-state index in [1.54, 1.807) is 7.11 Å². The first kappa shape index (κ1) is 10.1. The highest BCUT2D eigenvalue weighted by molar-refractivity contribution is 9.10. The topological polar surface area (TPSA) is 13.6 Å². The minimum atomic E-state index is -0.160. The maximum Gasteiger partial charge on any atom is 0.249 e. The maximum atomic E-state index is 6.94. The number of benzene rings is 1. The molecule has 0 amide bonds. The third-order valence-corrected chi connectivity index (χ3v) is 2.47. The van der Waals surface area contributed by atoms with Gasteiger partial charge >= 0.3 is 0 Å². The van der Waals surface area contributed by atoms with Crippen LogP contribution < -0.4 is 4.74 Å². The fraction of sp³-hybridized carbons (Fsp3) is 0.300. The molecule has 0 aliphatic carbocycles. The molecule has 0 radical (unpaired) electrons. The second-order valence-corrected chi connectivity index (χ2v) is 3.52. The molecule has 0 bridgehead atoms. The largest absolute Gasteiger partial charge is 0.495 e. The van der Waals surface area contributed by atoms with Crippen LogP contribution >= 0.6 is 15.9 Å². The van der Waals surface area contributed by atoms with E-state index < -0.39 is 0 Å². The highest BCUT2D eigenvalue weighted by Crippen LogP contribution is 2.33. The Labute approximate surface area is 86.5 Å². The smallest absolute Gasteiger partial charge is 0.249 e. The lowest BCUT2D eigenvalue weighted by Gasteiger charge is -2.08. The molecule has 1 aromatic rings. The van der Waals surface area contributed by atoms with Crippen molar-refractivity contribution < 1.29 is 4.74 Å². The third-order valence-electron chi connectivity index (χ3n) is 1.85. The Bertz CT molecular complexity index is 343. The van der Waals surface area contributed by atoms with Crippen molar-refractivity contribution in [3.63, 3.8) is 0 Å². The summed E-state index contributed by atoms with van der Waals surface area (Å²) in [6.07, 6.45) is 0. The first-order valence-corrected chi connectivity index (χ1v) is 4.69. The van der Waals surface area contributed by atoms with Crippen LogP contribution in [-0.4, -0.2) is 7.11 Å². The molecule has 1 rings (SSSR count). The molecule has 0 saturated heterocycles. The average molecular weight is 240 g/mol. The van der Waals surface area contributed by atoms with E-state index in [4.69, 9.17) is 11.3 Å². The maximum absolute atomic E-state index is 6.94. The summed E-state index contributed by atoms with van der Waals surface area (Å²) in [6, 6.07) is 5.56. The van der Waals surface area contributed by atoms with E-state index in [-0.39, 0.29) is 6.04 Å². The van der Waals surface area contributed by atoms with Crippen LogP contribution in [0, 0.1) is 6.57 Å². The van der Waals surface area contributed by atoms with Crippen molar-refractivity contribution in [3.05, 3.63) is 39.7 Å². The molecule has 2 nitrogen and oxygen atoms in total. The van der Waals surface area contributed by atoms with Gasteiger partial charge in [-0.25, -0.2) is 6.57 Å². The van der Waals surface area contributed by atoms with Crippen molar-refractivity contribution in [2.24, 2.45) is 0 Å². The predicted molar refractivity (Wildman–Crippen MR) is 55.7 cm³/mol. The van der Waals surface area contributed by atoms with Crippen LogP contribution in [0.1, 0.15) is 18.5 Å². The van der Waals surface area contributed by atoms with E-state index in [1.807, 2.05) is 25.1 Å². The van der Waals surface area contributed by atoms with Gasteiger partial charge in [0.25, 0.3) is 0 Å². The summed E-state index contributed by atoms with van der Waals surface area (Å²) in [5.74, 6) is 0.756. The SMILES string of the molecule is [C-]#[N+]C(C)c1cccc(Br)c1OC. The molecule has 0 N–H and O–H groups in total. The van der Waals surface area contributed by atoms with Crippen molar-refractivity contribution >= 4 is 15.9 Å². The fourth-order valence-electron chi connectivity index (χ4n) is 1.14. The van der Waals surface area contributed by atoms with Crippen LogP contribution in [-0.2, 0) is 0 Å². The molecule has 68 valence electrons. The molecule has 1 atom stereocenters. The van der Waals surface area contributed by atoms with Gasteiger partial charge in [-0.2, -0.15) is 0 Å². The quantitative estimate of drug-likeness (QED) is 0.722. The summed E-state index contributed by atoms with van der Waals surface area (Å²) in [7, 11) is 1.61. The molecule has 0 fully saturated rings. The van der Waals surface area contributed by atoms with E-state index in [0.717, 1.165) is 15.8 Å². The molecule has 0 saturated carbocycles. The Morgan fingerprint density at radius 3 is 2.77 bits per heavy atom. The standard InChI is InChI=1S/C10H10BrNO/c1-7(12-2)8-5-4-6-9(11)10(8)13-3/h4-7H,1,3H3. The number of hydrogen-bond acceptors (Lipinski definition) is 1. The summed E-state index contributed by atoms with van der Waals surface area (Å²) in [5.41, 5.74) is 0.923.